The zero-order valence-corrected chi connectivity index (χ0v) is 19.3. The third-order valence-corrected chi connectivity index (χ3v) is 6.82. The zero-order chi connectivity index (χ0) is 23.3. The minimum absolute atomic E-state index is 0.0247. The molecule has 0 aliphatic carbocycles. The van der Waals surface area contributed by atoms with Crippen LogP contribution >= 0.6 is 0 Å². The first-order valence-electron chi connectivity index (χ1n) is 11.5. The maximum atomic E-state index is 13.1. The Morgan fingerprint density at radius 1 is 1.06 bits per heavy atom. The summed E-state index contributed by atoms with van der Waals surface area (Å²) in [6.45, 7) is 6.77. The van der Waals surface area contributed by atoms with Gasteiger partial charge in [0.25, 0.3) is 0 Å². The van der Waals surface area contributed by atoms with Gasteiger partial charge in [0.1, 0.15) is 11.5 Å². The molecule has 3 aromatic carbocycles. The average Bonchev–Trinajstić information content (AvgIpc) is 2.82. The first-order valence-corrected chi connectivity index (χ1v) is 11.5. The lowest BCUT2D eigenvalue weighted by Gasteiger charge is -2.45. The van der Waals surface area contributed by atoms with Gasteiger partial charge in [0.2, 0.25) is 0 Å². The third-order valence-electron chi connectivity index (χ3n) is 6.82. The molecule has 170 valence electrons. The number of carbonyl (C=O) groups is 1. The second-order valence-corrected chi connectivity index (χ2v) is 9.14. The number of phenols is 1. The van der Waals surface area contributed by atoms with Crippen LogP contribution in [0.3, 0.4) is 0 Å². The van der Waals surface area contributed by atoms with Crippen LogP contribution < -0.4 is 4.74 Å². The molecule has 4 heteroatoms. The summed E-state index contributed by atoms with van der Waals surface area (Å²) >= 11 is 0. The molecule has 4 rings (SSSR count). The van der Waals surface area contributed by atoms with Crippen LogP contribution in [0.15, 0.2) is 90.5 Å². The normalized spacial score (nSPS) is 21.5. The molecule has 0 aromatic heterocycles. The molecule has 1 fully saturated rings. The summed E-state index contributed by atoms with van der Waals surface area (Å²) in [4.78, 5) is 15.4. The SMILES string of the molecule is C[C@H]1CN(C/C(=C\c2ccccc2)C(=O)Oc2ccccc2)CC[C@@]1(C)c1cccc(O)c1. The van der Waals surface area contributed by atoms with Gasteiger partial charge in [-0.2, -0.15) is 0 Å². The number of phenolic OH excluding ortho intramolecular Hbond substituents is 1. The van der Waals surface area contributed by atoms with E-state index in [2.05, 4.69) is 24.8 Å². The number of benzene rings is 3. The number of likely N-dealkylation sites (tertiary alicyclic amines) is 1. The molecule has 1 N–H and O–H groups in total. The Morgan fingerprint density at radius 3 is 2.42 bits per heavy atom. The van der Waals surface area contributed by atoms with Crippen LogP contribution in [0.4, 0.5) is 0 Å². The van der Waals surface area contributed by atoms with Crippen molar-refractivity contribution in [3.05, 3.63) is 102 Å². The topological polar surface area (TPSA) is 49.8 Å². The third kappa shape index (κ3) is 5.52. The monoisotopic (exact) mass is 441 g/mol. The van der Waals surface area contributed by atoms with Gasteiger partial charge in [-0.05, 0) is 65.8 Å². The summed E-state index contributed by atoms with van der Waals surface area (Å²) in [6.07, 6.45) is 2.88. The Morgan fingerprint density at radius 2 is 1.76 bits per heavy atom. The standard InChI is InChI=1S/C29H31NO3/c1-22-20-30(17-16-29(22,2)25-12-9-13-26(31)19-25)21-24(18-23-10-5-3-6-11-23)28(32)33-27-14-7-4-8-15-27/h3-15,18-19,22,31H,16-17,20-21H2,1-2H3/b24-18+/t22-,29+/m0/s1. The minimum atomic E-state index is -0.320. The summed E-state index contributed by atoms with van der Waals surface area (Å²) in [5, 5.41) is 9.97. The average molecular weight is 442 g/mol. The summed E-state index contributed by atoms with van der Waals surface area (Å²) in [5.74, 6) is 0.889. The number of hydrogen-bond acceptors (Lipinski definition) is 4. The molecule has 0 amide bonds. The van der Waals surface area contributed by atoms with E-state index in [1.807, 2.05) is 66.7 Å². The molecule has 0 spiro atoms. The van der Waals surface area contributed by atoms with Gasteiger partial charge < -0.3 is 9.84 Å². The Bertz CT molecular complexity index is 1110. The van der Waals surface area contributed by atoms with Crippen molar-refractivity contribution in [2.24, 2.45) is 5.92 Å². The van der Waals surface area contributed by atoms with Crippen molar-refractivity contribution in [3.8, 4) is 11.5 Å². The number of carbonyl (C=O) groups excluding carboxylic acids is 1. The van der Waals surface area contributed by atoms with Crippen molar-refractivity contribution >= 4 is 12.0 Å². The Balaban J connectivity index is 1.52. The molecule has 1 aliphatic heterocycles. The van der Waals surface area contributed by atoms with Crippen molar-refractivity contribution in [2.45, 2.75) is 25.7 Å². The number of ether oxygens (including phenoxy) is 1. The van der Waals surface area contributed by atoms with Crippen molar-refractivity contribution in [1.29, 1.82) is 0 Å². The largest absolute Gasteiger partial charge is 0.508 e. The second kappa shape index (κ2) is 10.1. The molecule has 0 saturated carbocycles. The Labute approximate surface area is 196 Å². The highest BCUT2D eigenvalue weighted by Gasteiger charge is 2.38. The number of esters is 1. The van der Waals surface area contributed by atoms with Crippen LogP contribution in [0.2, 0.25) is 0 Å². The molecule has 1 heterocycles. The van der Waals surface area contributed by atoms with E-state index in [1.54, 1.807) is 18.2 Å². The fourth-order valence-electron chi connectivity index (χ4n) is 4.57. The highest BCUT2D eigenvalue weighted by atomic mass is 16.5. The van der Waals surface area contributed by atoms with E-state index in [1.165, 1.54) is 0 Å². The second-order valence-electron chi connectivity index (χ2n) is 9.14. The first-order chi connectivity index (χ1) is 15.9. The maximum Gasteiger partial charge on any atom is 0.340 e. The number of para-hydroxylation sites is 1. The quantitative estimate of drug-likeness (QED) is 0.304. The molecule has 33 heavy (non-hydrogen) atoms. The molecule has 3 aromatic rings. The molecule has 0 radical (unpaired) electrons. The summed E-state index contributed by atoms with van der Waals surface area (Å²) in [5.41, 5.74) is 2.76. The summed E-state index contributed by atoms with van der Waals surface area (Å²) in [6, 6.07) is 26.7. The Hall–Kier alpha value is -3.37. The lowest BCUT2D eigenvalue weighted by atomic mass is 9.68. The van der Waals surface area contributed by atoms with E-state index in [-0.39, 0.29) is 11.4 Å². The molecule has 0 unspecified atom stereocenters. The van der Waals surface area contributed by atoms with Gasteiger partial charge in [-0.15, -0.1) is 0 Å². The predicted molar refractivity (Wildman–Crippen MR) is 132 cm³/mol. The summed E-state index contributed by atoms with van der Waals surface area (Å²) in [7, 11) is 0. The molecule has 4 nitrogen and oxygen atoms in total. The van der Waals surface area contributed by atoms with Crippen molar-refractivity contribution < 1.29 is 14.6 Å². The molecule has 1 saturated heterocycles. The van der Waals surface area contributed by atoms with Gasteiger partial charge in [0.15, 0.2) is 0 Å². The van der Waals surface area contributed by atoms with Crippen LogP contribution in [0.5, 0.6) is 11.5 Å². The number of aromatic hydroxyl groups is 1. The van der Waals surface area contributed by atoms with Crippen LogP contribution in [-0.2, 0) is 10.2 Å². The van der Waals surface area contributed by atoms with Gasteiger partial charge in [0, 0.05) is 13.1 Å². The van der Waals surface area contributed by atoms with Gasteiger partial charge in [-0.25, -0.2) is 4.79 Å². The van der Waals surface area contributed by atoms with Crippen LogP contribution in [0, 0.1) is 5.92 Å². The fraction of sp³-hybridized carbons (Fsp3) is 0.276. The smallest absolute Gasteiger partial charge is 0.340 e. The van der Waals surface area contributed by atoms with E-state index < -0.39 is 0 Å². The van der Waals surface area contributed by atoms with E-state index >= 15 is 0 Å². The van der Waals surface area contributed by atoms with E-state index in [9.17, 15) is 9.90 Å². The minimum Gasteiger partial charge on any atom is -0.508 e. The van der Waals surface area contributed by atoms with Crippen LogP contribution in [-0.4, -0.2) is 35.6 Å². The lowest BCUT2D eigenvalue weighted by molar-refractivity contribution is -0.130. The van der Waals surface area contributed by atoms with Crippen molar-refractivity contribution in [3.63, 3.8) is 0 Å². The Kier molecular flexibility index (Phi) is 6.95. The van der Waals surface area contributed by atoms with Gasteiger partial charge >= 0.3 is 5.97 Å². The fourth-order valence-corrected chi connectivity index (χ4v) is 4.57. The van der Waals surface area contributed by atoms with Gasteiger partial charge in [-0.1, -0.05) is 74.5 Å². The molecular weight excluding hydrogens is 410 g/mol. The molecule has 0 bridgehead atoms. The van der Waals surface area contributed by atoms with E-state index in [0.717, 1.165) is 30.6 Å². The maximum absolute atomic E-state index is 13.1. The number of rotatable bonds is 6. The van der Waals surface area contributed by atoms with Crippen molar-refractivity contribution in [2.75, 3.05) is 19.6 Å². The van der Waals surface area contributed by atoms with Gasteiger partial charge in [0.05, 0.1) is 5.57 Å². The molecule has 2 atom stereocenters. The highest BCUT2D eigenvalue weighted by molar-refractivity contribution is 5.95. The van der Waals surface area contributed by atoms with Crippen molar-refractivity contribution in [1.82, 2.24) is 4.90 Å². The van der Waals surface area contributed by atoms with Crippen LogP contribution in [0.25, 0.3) is 6.08 Å². The number of hydrogen-bond donors (Lipinski definition) is 1. The predicted octanol–water partition coefficient (Wildman–Crippen LogP) is 5.68. The summed E-state index contributed by atoms with van der Waals surface area (Å²) < 4.78 is 5.68. The zero-order valence-electron chi connectivity index (χ0n) is 19.3. The first kappa shape index (κ1) is 22.8. The lowest BCUT2D eigenvalue weighted by Crippen LogP contribution is -2.48. The molecular formula is C29H31NO3. The van der Waals surface area contributed by atoms with Gasteiger partial charge in [-0.3, -0.25) is 4.90 Å². The number of nitrogens with zero attached hydrogens (tertiary/aromatic N) is 1. The van der Waals surface area contributed by atoms with E-state index in [4.69, 9.17) is 4.74 Å². The number of piperidine rings is 1. The van der Waals surface area contributed by atoms with E-state index in [0.29, 0.717) is 29.5 Å². The van der Waals surface area contributed by atoms with Crippen LogP contribution in [0.1, 0.15) is 31.4 Å². The highest BCUT2D eigenvalue weighted by Crippen LogP contribution is 2.40. The molecule has 1 aliphatic rings.